The van der Waals surface area contributed by atoms with Crippen molar-refractivity contribution in [2.75, 3.05) is 22.5 Å². The molecule has 0 spiro atoms. The highest BCUT2D eigenvalue weighted by Crippen LogP contribution is 2.38. The molecule has 1 aliphatic rings. The summed E-state index contributed by atoms with van der Waals surface area (Å²) in [5.41, 5.74) is 11.8. The molecule has 1 aliphatic heterocycles. The number of nitrogen functional groups attached to an aromatic ring is 1. The Morgan fingerprint density at radius 2 is 1.81 bits per heavy atom. The first kappa shape index (κ1) is 22.9. The van der Waals surface area contributed by atoms with E-state index in [0.717, 1.165) is 16.8 Å². The summed E-state index contributed by atoms with van der Waals surface area (Å²) in [5, 5.41) is 12.0. The minimum Gasteiger partial charge on any atom is -0.383 e. The van der Waals surface area contributed by atoms with Crippen LogP contribution in [0.2, 0.25) is 0 Å². The van der Waals surface area contributed by atoms with E-state index < -0.39 is 0 Å². The lowest BCUT2D eigenvalue weighted by molar-refractivity contribution is 0.627. The summed E-state index contributed by atoms with van der Waals surface area (Å²) in [6, 6.07) is 17.7. The predicted octanol–water partition coefficient (Wildman–Crippen LogP) is 5.26. The fourth-order valence-electron chi connectivity index (χ4n) is 4.34. The summed E-state index contributed by atoms with van der Waals surface area (Å²) >= 11 is 0. The van der Waals surface area contributed by atoms with Crippen LogP contribution in [0, 0.1) is 18.2 Å². The first-order valence-electron chi connectivity index (χ1n) is 11.3. The Labute approximate surface area is 208 Å². The molecule has 0 saturated carbocycles. The molecule has 0 atom stereocenters. The van der Waals surface area contributed by atoms with Gasteiger partial charge in [-0.05, 0) is 36.8 Å². The van der Waals surface area contributed by atoms with Gasteiger partial charge in [-0.1, -0.05) is 49.0 Å². The zero-order valence-electron chi connectivity index (χ0n) is 19.7. The van der Waals surface area contributed by atoms with Crippen molar-refractivity contribution < 1.29 is 4.39 Å². The van der Waals surface area contributed by atoms with Gasteiger partial charge in [0.1, 0.15) is 23.8 Å². The van der Waals surface area contributed by atoms with E-state index in [9.17, 15) is 4.39 Å². The lowest BCUT2D eigenvalue weighted by Crippen LogP contribution is -2.30. The van der Waals surface area contributed by atoms with Crippen LogP contribution in [0.4, 0.5) is 21.7 Å². The molecule has 2 aromatic carbocycles. The van der Waals surface area contributed by atoms with E-state index in [1.54, 1.807) is 29.3 Å². The number of rotatable bonds is 6. The SMILES string of the molecule is C=C1c2c(C)ccnc2C=C(CNc2ncnc(N)c2C(=N)c2ccccc2)N1c1ccccc1F. The van der Waals surface area contributed by atoms with E-state index in [0.29, 0.717) is 34.0 Å². The number of nitrogens with one attached hydrogen (secondary N) is 2. The summed E-state index contributed by atoms with van der Waals surface area (Å²) in [7, 11) is 0. The second kappa shape index (κ2) is 9.42. The van der Waals surface area contributed by atoms with E-state index >= 15 is 0 Å². The van der Waals surface area contributed by atoms with Crippen LogP contribution in [-0.2, 0) is 0 Å². The van der Waals surface area contributed by atoms with Crippen LogP contribution >= 0.6 is 0 Å². The van der Waals surface area contributed by atoms with E-state index in [4.69, 9.17) is 11.1 Å². The summed E-state index contributed by atoms with van der Waals surface area (Å²) in [6.45, 7) is 6.51. The van der Waals surface area contributed by atoms with E-state index in [-0.39, 0.29) is 23.9 Å². The van der Waals surface area contributed by atoms with Crippen LogP contribution in [0.15, 0.2) is 85.5 Å². The van der Waals surface area contributed by atoms with Crippen LogP contribution in [0.1, 0.15) is 27.9 Å². The zero-order valence-corrected chi connectivity index (χ0v) is 19.7. The highest BCUT2D eigenvalue weighted by molar-refractivity contribution is 6.16. The molecule has 4 aromatic rings. The molecular weight excluding hydrogens is 453 g/mol. The van der Waals surface area contributed by atoms with Crippen LogP contribution in [-0.4, -0.2) is 27.2 Å². The normalized spacial score (nSPS) is 12.7. The number of fused-ring (bicyclic) bond motifs is 1. The molecule has 178 valence electrons. The van der Waals surface area contributed by atoms with Crippen molar-refractivity contribution in [1.29, 1.82) is 5.41 Å². The van der Waals surface area contributed by atoms with Gasteiger partial charge in [0.15, 0.2) is 0 Å². The Bertz CT molecular complexity index is 1510. The largest absolute Gasteiger partial charge is 0.383 e. The molecule has 0 bridgehead atoms. The third-order valence-corrected chi connectivity index (χ3v) is 6.06. The third-order valence-electron chi connectivity index (χ3n) is 6.06. The molecule has 2 aromatic heterocycles. The minimum absolute atomic E-state index is 0.192. The standard InChI is InChI=1S/C28H24FN7/c1-17-12-13-32-22-14-20(36(18(2)24(17)22)23-11-7-6-10-21(23)29)15-33-28-25(27(31)34-16-35-28)26(30)19-8-4-3-5-9-19/h3-14,16,30H,2,15H2,1H3,(H3,31,33,34,35). The number of hydrogen-bond donors (Lipinski definition) is 3. The number of nitrogens with two attached hydrogens (primary N) is 1. The van der Waals surface area contributed by atoms with Gasteiger partial charge in [-0.15, -0.1) is 0 Å². The van der Waals surface area contributed by atoms with Crippen molar-refractivity contribution in [2.45, 2.75) is 6.92 Å². The van der Waals surface area contributed by atoms with Crippen molar-refractivity contribution in [3.05, 3.63) is 119 Å². The Balaban J connectivity index is 1.55. The molecule has 0 radical (unpaired) electrons. The van der Waals surface area contributed by atoms with Gasteiger partial charge in [0, 0.05) is 28.7 Å². The molecule has 5 rings (SSSR count). The van der Waals surface area contributed by atoms with Crippen molar-refractivity contribution in [3.8, 4) is 0 Å². The number of para-hydroxylation sites is 1. The second-order valence-corrected chi connectivity index (χ2v) is 8.33. The number of pyridine rings is 1. The lowest BCUT2D eigenvalue weighted by atomic mass is 9.98. The maximum absolute atomic E-state index is 15.0. The van der Waals surface area contributed by atoms with Crippen molar-refractivity contribution in [3.63, 3.8) is 0 Å². The Hall–Kier alpha value is -4.85. The maximum atomic E-state index is 15.0. The number of anilines is 3. The first-order valence-corrected chi connectivity index (χ1v) is 11.3. The fourth-order valence-corrected chi connectivity index (χ4v) is 4.34. The van der Waals surface area contributed by atoms with Crippen LogP contribution < -0.4 is 16.0 Å². The van der Waals surface area contributed by atoms with Gasteiger partial charge in [0.05, 0.1) is 29.2 Å². The minimum atomic E-state index is -0.368. The molecule has 8 heteroatoms. The third kappa shape index (κ3) is 4.09. The summed E-state index contributed by atoms with van der Waals surface area (Å²) in [4.78, 5) is 14.8. The lowest BCUT2D eigenvalue weighted by Gasteiger charge is -2.34. The predicted molar refractivity (Wildman–Crippen MR) is 142 cm³/mol. The van der Waals surface area contributed by atoms with Crippen LogP contribution in [0.25, 0.3) is 11.8 Å². The Morgan fingerprint density at radius 1 is 1.06 bits per heavy atom. The maximum Gasteiger partial charge on any atom is 0.147 e. The number of halogens is 1. The van der Waals surface area contributed by atoms with Crippen molar-refractivity contribution >= 4 is 34.8 Å². The average molecular weight is 478 g/mol. The average Bonchev–Trinajstić information content (AvgIpc) is 2.88. The molecule has 36 heavy (non-hydrogen) atoms. The Kier molecular flexibility index (Phi) is 6.00. The molecule has 4 N–H and O–H groups in total. The smallest absolute Gasteiger partial charge is 0.147 e. The zero-order chi connectivity index (χ0) is 25.2. The fraction of sp³-hybridized carbons (Fsp3) is 0.0714. The van der Waals surface area contributed by atoms with Crippen molar-refractivity contribution in [2.24, 2.45) is 0 Å². The molecular formula is C28H24FN7. The second-order valence-electron chi connectivity index (χ2n) is 8.33. The van der Waals surface area contributed by atoms with Gasteiger partial charge in [0.2, 0.25) is 0 Å². The Morgan fingerprint density at radius 3 is 2.58 bits per heavy atom. The number of nitrogens with zero attached hydrogens (tertiary/aromatic N) is 4. The topological polar surface area (TPSA) is 104 Å². The van der Waals surface area contributed by atoms with Gasteiger partial charge in [0.25, 0.3) is 0 Å². The molecule has 0 saturated heterocycles. The number of aromatic nitrogens is 3. The van der Waals surface area contributed by atoms with Gasteiger partial charge < -0.3 is 16.0 Å². The van der Waals surface area contributed by atoms with Gasteiger partial charge in [-0.25, -0.2) is 14.4 Å². The molecule has 0 aliphatic carbocycles. The van der Waals surface area contributed by atoms with Crippen molar-refractivity contribution in [1.82, 2.24) is 15.0 Å². The molecule has 0 amide bonds. The van der Waals surface area contributed by atoms with Crippen LogP contribution in [0.5, 0.6) is 0 Å². The van der Waals surface area contributed by atoms with E-state index in [1.165, 1.54) is 12.4 Å². The van der Waals surface area contributed by atoms with Crippen LogP contribution in [0.3, 0.4) is 0 Å². The van der Waals surface area contributed by atoms with E-state index in [2.05, 4.69) is 26.8 Å². The molecule has 0 fully saturated rings. The summed E-state index contributed by atoms with van der Waals surface area (Å²) in [5.74, 6) is 0.226. The highest BCUT2D eigenvalue weighted by atomic mass is 19.1. The molecule has 0 unspecified atom stereocenters. The molecule has 3 heterocycles. The van der Waals surface area contributed by atoms with Gasteiger partial charge in [-0.2, -0.15) is 0 Å². The first-order chi connectivity index (χ1) is 17.5. The molecule has 7 nitrogen and oxygen atoms in total. The van der Waals surface area contributed by atoms with Gasteiger partial charge >= 0.3 is 0 Å². The highest BCUT2D eigenvalue weighted by Gasteiger charge is 2.27. The number of hydrogen-bond acceptors (Lipinski definition) is 7. The summed E-state index contributed by atoms with van der Waals surface area (Å²) < 4.78 is 15.0. The monoisotopic (exact) mass is 477 g/mol. The number of aryl methyl sites for hydroxylation is 1. The number of benzene rings is 2. The van der Waals surface area contributed by atoms with E-state index in [1.807, 2.05) is 49.4 Å². The summed E-state index contributed by atoms with van der Waals surface area (Å²) in [6.07, 6.45) is 5.00. The quantitative estimate of drug-likeness (QED) is 0.327. The van der Waals surface area contributed by atoms with Gasteiger partial charge in [-0.3, -0.25) is 10.4 Å².